The molecule has 0 aliphatic carbocycles. The van der Waals surface area contributed by atoms with Crippen LogP contribution in [-0.4, -0.2) is 33.3 Å². The van der Waals surface area contributed by atoms with E-state index < -0.39 is 0 Å². The van der Waals surface area contributed by atoms with Crippen LogP contribution in [0.4, 0.5) is 0 Å². The second kappa shape index (κ2) is 7.73. The first-order valence-corrected chi connectivity index (χ1v) is 6.67. The monoisotopic (exact) mass is 264 g/mol. The van der Waals surface area contributed by atoms with Gasteiger partial charge in [-0.05, 0) is 6.92 Å². The molecule has 16 heavy (non-hydrogen) atoms. The second-order valence-corrected chi connectivity index (χ2v) is 5.88. The number of thioether (sulfide) groups is 2. The molecule has 0 saturated carbocycles. The molecule has 0 aliphatic heterocycles. The molecule has 0 amide bonds. The van der Waals surface area contributed by atoms with Gasteiger partial charge in [-0.15, -0.1) is 0 Å². The highest BCUT2D eigenvalue weighted by Gasteiger charge is 2.23. The minimum Gasteiger partial charge on any atom is -0.462 e. The fourth-order valence-corrected chi connectivity index (χ4v) is 2.84. The van der Waals surface area contributed by atoms with Crippen LogP contribution in [0.15, 0.2) is 0 Å². The number of hydrogen-bond donors (Lipinski definition) is 0. The molecular weight excluding hydrogens is 248 g/mol. The summed E-state index contributed by atoms with van der Waals surface area (Å²) >= 11 is 2.24. The van der Waals surface area contributed by atoms with Crippen LogP contribution in [0.3, 0.4) is 0 Å². The van der Waals surface area contributed by atoms with Gasteiger partial charge in [0.05, 0.1) is 5.25 Å². The van der Waals surface area contributed by atoms with Crippen molar-refractivity contribution >= 4 is 39.7 Å². The van der Waals surface area contributed by atoms with Gasteiger partial charge < -0.3 is 4.74 Å². The minimum absolute atomic E-state index is 0.0100. The van der Waals surface area contributed by atoms with Gasteiger partial charge in [-0.3, -0.25) is 14.4 Å². The van der Waals surface area contributed by atoms with Crippen molar-refractivity contribution in [1.82, 2.24) is 0 Å². The third-order valence-corrected chi connectivity index (χ3v) is 3.97. The van der Waals surface area contributed by atoms with Gasteiger partial charge in [-0.25, -0.2) is 0 Å². The zero-order valence-corrected chi connectivity index (χ0v) is 11.4. The molecule has 0 heterocycles. The molecule has 0 fully saturated rings. The van der Waals surface area contributed by atoms with E-state index in [1.54, 1.807) is 6.92 Å². The van der Waals surface area contributed by atoms with Gasteiger partial charge in [0.15, 0.2) is 10.2 Å². The van der Waals surface area contributed by atoms with Gasteiger partial charge in [0.25, 0.3) is 0 Å². The van der Waals surface area contributed by atoms with Crippen molar-refractivity contribution in [3.05, 3.63) is 0 Å². The molecule has 0 saturated heterocycles. The second-order valence-electron chi connectivity index (χ2n) is 3.27. The van der Waals surface area contributed by atoms with Gasteiger partial charge in [0, 0.05) is 26.5 Å². The number of rotatable bonds is 5. The van der Waals surface area contributed by atoms with E-state index in [1.807, 2.05) is 0 Å². The van der Waals surface area contributed by atoms with Crippen LogP contribution in [0, 0.1) is 0 Å². The molecular formula is C10H16O4S2. The van der Waals surface area contributed by atoms with Gasteiger partial charge in [0.1, 0.15) is 6.10 Å². The number of carbonyl (C=O) groups excluding carboxylic acids is 3. The van der Waals surface area contributed by atoms with E-state index in [1.165, 1.54) is 20.8 Å². The van der Waals surface area contributed by atoms with Gasteiger partial charge in [-0.1, -0.05) is 23.5 Å². The summed E-state index contributed by atoms with van der Waals surface area (Å²) in [5.41, 5.74) is 0. The SMILES string of the molecule is CC(=O)OC(C)C(CSC(C)=O)SC(C)=O. The van der Waals surface area contributed by atoms with Crippen LogP contribution in [0.2, 0.25) is 0 Å². The maximum atomic E-state index is 11.0. The summed E-state index contributed by atoms with van der Waals surface area (Å²) in [7, 11) is 0. The van der Waals surface area contributed by atoms with Gasteiger partial charge >= 0.3 is 5.97 Å². The lowest BCUT2D eigenvalue weighted by Gasteiger charge is -2.21. The Hall–Kier alpha value is -0.490. The fraction of sp³-hybridized carbons (Fsp3) is 0.700. The molecule has 0 aliphatic rings. The average molecular weight is 264 g/mol. The summed E-state index contributed by atoms with van der Waals surface area (Å²) in [5.74, 6) is 0.0862. The lowest BCUT2D eigenvalue weighted by atomic mass is 10.3. The summed E-state index contributed by atoms with van der Waals surface area (Å²) in [6.45, 7) is 5.97. The number of carbonyl (C=O) groups is 3. The van der Waals surface area contributed by atoms with Crippen LogP contribution in [0.5, 0.6) is 0 Å². The van der Waals surface area contributed by atoms with Crippen LogP contribution in [-0.2, 0) is 19.1 Å². The largest absolute Gasteiger partial charge is 0.462 e. The Morgan fingerprint density at radius 2 is 1.69 bits per heavy atom. The van der Waals surface area contributed by atoms with Crippen molar-refractivity contribution in [3.63, 3.8) is 0 Å². The van der Waals surface area contributed by atoms with Crippen LogP contribution < -0.4 is 0 Å². The van der Waals surface area contributed by atoms with E-state index in [0.29, 0.717) is 5.75 Å². The molecule has 92 valence electrons. The zero-order valence-electron chi connectivity index (χ0n) is 9.81. The third kappa shape index (κ3) is 7.76. The van der Waals surface area contributed by atoms with E-state index >= 15 is 0 Å². The van der Waals surface area contributed by atoms with Crippen molar-refractivity contribution in [2.75, 3.05) is 5.75 Å². The first-order valence-electron chi connectivity index (χ1n) is 4.80. The standard InChI is InChI=1S/C10H16O4S2/c1-6(14-7(2)11)10(16-9(4)13)5-15-8(3)12/h6,10H,5H2,1-4H3. The molecule has 0 aromatic carbocycles. The summed E-state index contributed by atoms with van der Waals surface area (Å²) in [6.07, 6.45) is -0.377. The average Bonchev–Trinajstić information content (AvgIpc) is 2.09. The molecule has 0 aromatic rings. The van der Waals surface area contributed by atoms with Crippen molar-refractivity contribution < 1.29 is 19.1 Å². The van der Waals surface area contributed by atoms with E-state index in [0.717, 1.165) is 23.5 Å². The Balaban J connectivity index is 4.33. The smallest absolute Gasteiger partial charge is 0.302 e. The summed E-state index contributed by atoms with van der Waals surface area (Å²) < 4.78 is 5.01. The van der Waals surface area contributed by atoms with Crippen molar-refractivity contribution in [2.24, 2.45) is 0 Å². The van der Waals surface area contributed by atoms with E-state index in [-0.39, 0.29) is 27.6 Å². The van der Waals surface area contributed by atoms with Crippen LogP contribution >= 0.6 is 23.5 Å². The first-order chi connectivity index (χ1) is 7.32. The Morgan fingerprint density at radius 1 is 1.12 bits per heavy atom. The maximum absolute atomic E-state index is 11.0. The van der Waals surface area contributed by atoms with E-state index in [9.17, 15) is 14.4 Å². The quantitative estimate of drug-likeness (QED) is 0.706. The minimum atomic E-state index is -0.380. The maximum Gasteiger partial charge on any atom is 0.302 e. The molecule has 4 nitrogen and oxygen atoms in total. The zero-order chi connectivity index (χ0) is 12.7. The highest BCUT2D eigenvalue weighted by atomic mass is 32.2. The Morgan fingerprint density at radius 3 is 2.06 bits per heavy atom. The molecule has 0 N–H and O–H groups in total. The number of ether oxygens (including phenoxy) is 1. The van der Waals surface area contributed by atoms with E-state index in [2.05, 4.69) is 0 Å². The molecule has 0 rings (SSSR count). The molecule has 0 aromatic heterocycles. The van der Waals surface area contributed by atoms with E-state index in [4.69, 9.17) is 4.74 Å². The number of esters is 1. The third-order valence-electron chi connectivity index (χ3n) is 1.64. The molecule has 0 bridgehead atoms. The molecule has 2 atom stereocenters. The Labute approximate surface area is 104 Å². The first kappa shape index (κ1) is 15.5. The lowest BCUT2D eigenvalue weighted by molar-refractivity contribution is -0.145. The van der Waals surface area contributed by atoms with Gasteiger partial charge in [-0.2, -0.15) is 0 Å². The highest BCUT2D eigenvalue weighted by molar-refractivity contribution is 8.17. The predicted molar refractivity (Wildman–Crippen MR) is 66.4 cm³/mol. The van der Waals surface area contributed by atoms with Crippen molar-refractivity contribution in [2.45, 2.75) is 39.0 Å². The Bertz CT molecular complexity index is 278. The van der Waals surface area contributed by atoms with Gasteiger partial charge in [0.2, 0.25) is 0 Å². The van der Waals surface area contributed by atoms with Crippen LogP contribution in [0.25, 0.3) is 0 Å². The van der Waals surface area contributed by atoms with Crippen molar-refractivity contribution in [1.29, 1.82) is 0 Å². The molecule has 0 radical (unpaired) electrons. The fourth-order valence-electron chi connectivity index (χ4n) is 1.02. The van der Waals surface area contributed by atoms with Crippen LogP contribution in [0.1, 0.15) is 27.7 Å². The summed E-state index contributed by atoms with van der Waals surface area (Å²) in [6, 6.07) is 0. The number of hydrogen-bond acceptors (Lipinski definition) is 6. The molecule has 6 heteroatoms. The highest BCUT2D eigenvalue weighted by Crippen LogP contribution is 2.22. The normalized spacial score (nSPS) is 14.0. The Kier molecular flexibility index (Phi) is 7.49. The summed E-state index contributed by atoms with van der Waals surface area (Å²) in [5, 5.41) is -0.243. The molecule has 0 spiro atoms. The molecule has 2 unspecified atom stereocenters. The lowest BCUT2D eigenvalue weighted by Crippen LogP contribution is -2.28. The van der Waals surface area contributed by atoms with Crippen molar-refractivity contribution in [3.8, 4) is 0 Å². The topological polar surface area (TPSA) is 60.4 Å². The predicted octanol–water partition coefficient (Wildman–Crippen LogP) is 1.87. The summed E-state index contributed by atoms with van der Waals surface area (Å²) in [4.78, 5) is 32.6.